The van der Waals surface area contributed by atoms with Crippen molar-refractivity contribution < 1.29 is 8.78 Å². The summed E-state index contributed by atoms with van der Waals surface area (Å²) in [6, 6.07) is 3.18. The van der Waals surface area contributed by atoms with Crippen molar-refractivity contribution in [1.82, 2.24) is 4.90 Å². The summed E-state index contributed by atoms with van der Waals surface area (Å²) in [6.45, 7) is 10.0. The smallest absolute Gasteiger partial charge is 0.130 e. The van der Waals surface area contributed by atoms with E-state index in [1.165, 1.54) is 12.1 Å². The summed E-state index contributed by atoms with van der Waals surface area (Å²) in [7, 11) is 0. The Hall–Kier alpha value is -1.00. The molecule has 2 nitrogen and oxygen atoms in total. The molecule has 0 aromatic heterocycles. The highest BCUT2D eigenvalue weighted by molar-refractivity contribution is 5.25. The van der Waals surface area contributed by atoms with E-state index in [2.05, 4.69) is 32.6 Å². The Balaban J connectivity index is 3.26. The second-order valence-corrected chi connectivity index (χ2v) is 5.13. The number of likely N-dealkylation sites (N-methyl/N-ethyl adjacent to an activating group) is 1. The van der Waals surface area contributed by atoms with Crippen molar-refractivity contribution in [2.75, 3.05) is 13.1 Å². The van der Waals surface area contributed by atoms with Crippen LogP contribution in [0.3, 0.4) is 0 Å². The predicted molar refractivity (Wildman–Crippen MR) is 79.5 cm³/mol. The van der Waals surface area contributed by atoms with Gasteiger partial charge >= 0.3 is 0 Å². The molecule has 0 saturated heterocycles. The van der Waals surface area contributed by atoms with E-state index in [9.17, 15) is 8.78 Å². The summed E-state index contributed by atoms with van der Waals surface area (Å²) in [5.41, 5.74) is 6.48. The van der Waals surface area contributed by atoms with Gasteiger partial charge in [0.2, 0.25) is 0 Å². The molecule has 1 aromatic rings. The van der Waals surface area contributed by atoms with Gasteiger partial charge in [-0.3, -0.25) is 4.90 Å². The number of nitrogens with zero attached hydrogens (tertiary/aromatic N) is 1. The zero-order valence-electron chi connectivity index (χ0n) is 12.9. The van der Waals surface area contributed by atoms with E-state index in [1.54, 1.807) is 0 Å². The molecule has 1 atom stereocenters. The highest BCUT2D eigenvalue weighted by atomic mass is 19.1. The first-order chi connectivity index (χ1) is 9.46. The van der Waals surface area contributed by atoms with E-state index >= 15 is 0 Å². The molecule has 0 spiro atoms. The zero-order chi connectivity index (χ0) is 15.3. The summed E-state index contributed by atoms with van der Waals surface area (Å²) in [5.74, 6) is -1.13. The topological polar surface area (TPSA) is 29.3 Å². The minimum atomic E-state index is -0.570. The molecule has 0 amide bonds. The number of benzene rings is 1. The molecule has 114 valence electrons. The van der Waals surface area contributed by atoms with Gasteiger partial charge in [0, 0.05) is 17.2 Å². The van der Waals surface area contributed by atoms with Crippen molar-refractivity contribution in [3.8, 4) is 0 Å². The average Bonchev–Trinajstić information content (AvgIpc) is 2.44. The molecule has 0 bridgehead atoms. The average molecular weight is 284 g/mol. The largest absolute Gasteiger partial charge is 0.322 e. The number of hydrogen-bond acceptors (Lipinski definition) is 2. The molecule has 0 radical (unpaired) electrons. The van der Waals surface area contributed by atoms with Crippen LogP contribution in [0.1, 0.15) is 52.1 Å². The Morgan fingerprint density at radius 1 is 1.10 bits per heavy atom. The second kappa shape index (κ2) is 7.14. The quantitative estimate of drug-likeness (QED) is 0.823. The molecular weight excluding hydrogens is 258 g/mol. The van der Waals surface area contributed by atoms with Gasteiger partial charge in [-0.25, -0.2) is 8.78 Å². The van der Waals surface area contributed by atoms with Crippen molar-refractivity contribution in [1.29, 1.82) is 0 Å². The number of halogens is 2. The highest BCUT2D eigenvalue weighted by Gasteiger charge is 2.39. The number of rotatable bonds is 7. The zero-order valence-corrected chi connectivity index (χ0v) is 12.9. The third-order valence-corrected chi connectivity index (χ3v) is 4.49. The fraction of sp³-hybridized carbons (Fsp3) is 0.625. The highest BCUT2D eigenvalue weighted by Crippen LogP contribution is 2.36. The molecular formula is C16H26F2N2. The van der Waals surface area contributed by atoms with E-state index in [0.717, 1.165) is 32.0 Å². The Bertz CT molecular complexity index is 426. The SMILES string of the molecule is CCN(CC)C(CC)(CC)C(N)c1ccc(F)cc1F. The molecule has 2 N–H and O–H groups in total. The van der Waals surface area contributed by atoms with E-state index < -0.39 is 17.7 Å². The maximum absolute atomic E-state index is 14.0. The van der Waals surface area contributed by atoms with Gasteiger partial charge in [0.15, 0.2) is 0 Å². The molecule has 4 heteroatoms. The first-order valence-corrected chi connectivity index (χ1v) is 7.42. The Morgan fingerprint density at radius 2 is 1.65 bits per heavy atom. The Kier molecular flexibility index (Phi) is 6.08. The van der Waals surface area contributed by atoms with Gasteiger partial charge in [-0.1, -0.05) is 33.8 Å². The van der Waals surface area contributed by atoms with Crippen molar-refractivity contribution in [2.24, 2.45) is 5.73 Å². The van der Waals surface area contributed by atoms with Crippen molar-refractivity contribution in [3.05, 3.63) is 35.4 Å². The van der Waals surface area contributed by atoms with Gasteiger partial charge in [-0.15, -0.1) is 0 Å². The lowest BCUT2D eigenvalue weighted by Gasteiger charge is -2.46. The minimum absolute atomic E-state index is 0.303. The van der Waals surface area contributed by atoms with Crippen LogP contribution < -0.4 is 5.73 Å². The lowest BCUT2D eigenvalue weighted by Crippen LogP contribution is -2.55. The lowest BCUT2D eigenvalue weighted by atomic mass is 9.79. The molecule has 20 heavy (non-hydrogen) atoms. The van der Waals surface area contributed by atoms with Gasteiger partial charge < -0.3 is 5.73 Å². The van der Waals surface area contributed by atoms with Crippen LogP contribution >= 0.6 is 0 Å². The predicted octanol–water partition coefficient (Wildman–Crippen LogP) is 3.87. The lowest BCUT2D eigenvalue weighted by molar-refractivity contribution is 0.0613. The monoisotopic (exact) mass is 284 g/mol. The van der Waals surface area contributed by atoms with Crippen LogP contribution in [0.15, 0.2) is 18.2 Å². The molecule has 0 saturated carbocycles. The van der Waals surface area contributed by atoms with Crippen molar-refractivity contribution in [2.45, 2.75) is 52.1 Å². The van der Waals surface area contributed by atoms with Gasteiger partial charge in [0.05, 0.1) is 6.04 Å². The van der Waals surface area contributed by atoms with Crippen LogP contribution in [0.5, 0.6) is 0 Å². The van der Waals surface area contributed by atoms with Crippen molar-refractivity contribution >= 4 is 0 Å². The maximum Gasteiger partial charge on any atom is 0.130 e. The number of nitrogens with two attached hydrogens (primary N) is 1. The molecule has 1 aromatic carbocycles. The van der Waals surface area contributed by atoms with Gasteiger partial charge in [0.25, 0.3) is 0 Å². The standard InChI is InChI=1S/C16H26F2N2/c1-5-16(6-2,20(7-3)8-4)15(19)13-10-9-12(17)11-14(13)18/h9-11,15H,5-8,19H2,1-4H3. The van der Waals surface area contributed by atoms with Gasteiger partial charge in [0.1, 0.15) is 11.6 Å². The van der Waals surface area contributed by atoms with Crippen molar-refractivity contribution in [3.63, 3.8) is 0 Å². The molecule has 0 fully saturated rings. The van der Waals surface area contributed by atoms with Crippen LogP contribution in [0.25, 0.3) is 0 Å². The summed E-state index contributed by atoms with van der Waals surface area (Å²) in [6.07, 6.45) is 1.65. The van der Waals surface area contributed by atoms with Crippen LogP contribution in [-0.4, -0.2) is 23.5 Å². The van der Waals surface area contributed by atoms with E-state index in [4.69, 9.17) is 5.73 Å². The molecule has 0 aliphatic carbocycles. The third-order valence-electron chi connectivity index (χ3n) is 4.49. The fourth-order valence-corrected chi connectivity index (χ4v) is 3.23. The second-order valence-electron chi connectivity index (χ2n) is 5.13. The van der Waals surface area contributed by atoms with E-state index in [-0.39, 0.29) is 5.54 Å². The molecule has 0 heterocycles. The maximum atomic E-state index is 14.0. The van der Waals surface area contributed by atoms with Crippen LogP contribution in [0.2, 0.25) is 0 Å². The Labute approximate surface area is 121 Å². The van der Waals surface area contributed by atoms with E-state index in [0.29, 0.717) is 5.56 Å². The van der Waals surface area contributed by atoms with Gasteiger partial charge in [-0.05, 0) is 32.0 Å². The van der Waals surface area contributed by atoms with E-state index in [1.807, 2.05) is 0 Å². The number of hydrogen-bond donors (Lipinski definition) is 1. The molecule has 1 unspecified atom stereocenters. The fourth-order valence-electron chi connectivity index (χ4n) is 3.23. The summed E-state index contributed by atoms with van der Waals surface area (Å²) >= 11 is 0. The van der Waals surface area contributed by atoms with Crippen LogP contribution in [0.4, 0.5) is 8.78 Å². The van der Waals surface area contributed by atoms with Crippen LogP contribution in [-0.2, 0) is 0 Å². The normalized spacial score (nSPS) is 13.8. The summed E-state index contributed by atoms with van der Waals surface area (Å²) in [5, 5.41) is 0. The molecule has 0 aliphatic heterocycles. The van der Waals surface area contributed by atoms with Crippen LogP contribution in [0, 0.1) is 11.6 Å². The third kappa shape index (κ3) is 3.01. The molecule has 0 aliphatic rings. The minimum Gasteiger partial charge on any atom is -0.322 e. The molecule has 1 rings (SSSR count). The summed E-state index contributed by atoms with van der Waals surface area (Å²) in [4.78, 5) is 2.28. The van der Waals surface area contributed by atoms with Gasteiger partial charge in [-0.2, -0.15) is 0 Å². The first kappa shape index (κ1) is 17.1. The first-order valence-electron chi connectivity index (χ1n) is 7.42. The Morgan fingerprint density at radius 3 is 2.05 bits per heavy atom. The summed E-state index contributed by atoms with van der Waals surface area (Å²) < 4.78 is 27.1.